The summed E-state index contributed by atoms with van der Waals surface area (Å²) in [5, 5.41) is 12.7. The molecule has 0 aliphatic heterocycles. The van der Waals surface area contributed by atoms with Crippen LogP contribution in [0.1, 0.15) is 63.0 Å². The average molecular weight is 289 g/mol. The van der Waals surface area contributed by atoms with E-state index in [0.29, 0.717) is 6.04 Å². The fourth-order valence-electron chi connectivity index (χ4n) is 3.02. The quantitative estimate of drug-likeness (QED) is 0.807. The maximum atomic E-state index is 11.0. The fourth-order valence-corrected chi connectivity index (χ4v) is 3.02. The summed E-state index contributed by atoms with van der Waals surface area (Å²) in [6.45, 7) is 4.95. The molecule has 0 radical (unpaired) electrons. The third kappa shape index (κ3) is 4.85. The van der Waals surface area contributed by atoms with Gasteiger partial charge in [-0.25, -0.2) is 0 Å². The van der Waals surface area contributed by atoms with E-state index in [1.165, 1.54) is 37.7 Å². The van der Waals surface area contributed by atoms with Crippen molar-refractivity contribution in [1.82, 2.24) is 5.32 Å². The zero-order chi connectivity index (χ0) is 15.2. The molecular formula is C18H27NO2. The second-order valence-electron chi connectivity index (χ2n) is 6.49. The van der Waals surface area contributed by atoms with Gasteiger partial charge < -0.3 is 10.4 Å². The van der Waals surface area contributed by atoms with Gasteiger partial charge in [0.25, 0.3) is 0 Å². The van der Waals surface area contributed by atoms with Crippen molar-refractivity contribution in [1.29, 1.82) is 0 Å². The second kappa shape index (κ2) is 7.60. The zero-order valence-electron chi connectivity index (χ0n) is 13.1. The van der Waals surface area contributed by atoms with Crippen molar-refractivity contribution in [3.63, 3.8) is 0 Å². The first-order valence-corrected chi connectivity index (χ1v) is 8.11. The first-order valence-electron chi connectivity index (χ1n) is 8.11. The lowest BCUT2D eigenvalue weighted by atomic mass is 10.00. The van der Waals surface area contributed by atoms with Crippen LogP contribution in [0.2, 0.25) is 0 Å². The molecule has 2 rings (SSSR count). The van der Waals surface area contributed by atoms with E-state index in [0.717, 1.165) is 18.0 Å². The molecule has 1 aliphatic rings. The van der Waals surface area contributed by atoms with Gasteiger partial charge in [0.2, 0.25) is 0 Å². The first-order chi connectivity index (χ1) is 10.1. The number of hydrogen-bond acceptors (Lipinski definition) is 2. The Morgan fingerprint density at radius 2 is 1.95 bits per heavy atom. The molecule has 0 spiro atoms. The van der Waals surface area contributed by atoms with Crippen molar-refractivity contribution in [2.45, 2.75) is 64.5 Å². The van der Waals surface area contributed by atoms with E-state index >= 15 is 0 Å². The van der Waals surface area contributed by atoms with Gasteiger partial charge in [-0.15, -0.1) is 0 Å². The van der Waals surface area contributed by atoms with Gasteiger partial charge in [0.05, 0.1) is 5.92 Å². The van der Waals surface area contributed by atoms with Gasteiger partial charge >= 0.3 is 5.97 Å². The highest BCUT2D eigenvalue weighted by Gasteiger charge is 2.16. The lowest BCUT2D eigenvalue weighted by Gasteiger charge is -2.16. The van der Waals surface area contributed by atoms with Crippen LogP contribution in [0.4, 0.5) is 0 Å². The summed E-state index contributed by atoms with van der Waals surface area (Å²) in [6, 6.07) is 8.59. The minimum atomic E-state index is -0.770. The predicted octanol–water partition coefficient (Wildman–Crippen LogP) is 3.93. The Morgan fingerprint density at radius 1 is 1.24 bits per heavy atom. The van der Waals surface area contributed by atoms with E-state index < -0.39 is 11.9 Å². The Labute approximate surface area is 127 Å². The number of aliphatic carboxylic acids is 1. The monoisotopic (exact) mass is 289 g/mol. The maximum Gasteiger partial charge on any atom is 0.310 e. The third-order valence-electron chi connectivity index (χ3n) is 4.70. The second-order valence-corrected chi connectivity index (χ2v) is 6.49. The van der Waals surface area contributed by atoms with Gasteiger partial charge in [0.1, 0.15) is 0 Å². The van der Waals surface area contributed by atoms with Gasteiger partial charge in [-0.2, -0.15) is 0 Å². The summed E-state index contributed by atoms with van der Waals surface area (Å²) in [7, 11) is 0. The molecule has 1 aromatic carbocycles. The van der Waals surface area contributed by atoms with Crippen molar-refractivity contribution in [3.05, 3.63) is 35.4 Å². The molecule has 1 aromatic rings. The normalized spacial score (nSPS) is 24.3. The number of rotatable bonds is 5. The van der Waals surface area contributed by atoms with E-state index in [1.54, 1.807) is 6.92 Å². The van der Waals surface area contributed by atoms with Gasteiger partial charge in [0, 0.05) is 12.6 Å². The molecule has 0 saturated heterocycles. The molecule has 3 nitrogen and oxygen atoms in total. The molecule has 3 atom stereocenters. The highest BCUT2D eigenvalue weighted by molar-refractivity contribution is 5.75. The zero-order valence-corrected chi connectivity index (χ0v) is 13.1. The summed E-state index contributed by atoms with van der Waals surface area (Å²) < 4.78 is 0. The Bertz CT molecular complexity index is 455. The number of nitrogens with one attached hydrogen (secondary N) is 1. The van der Waals surface area contributed by atoms with Crippen LogP contribution in [-0.2, 0) is 11.3 Å². The lowest BCUT2D eigenvalue weighted by Crippen LogP contribution is -2.27. The highest BCUT2D eigenvalue weighted by atomic mass is 16.4. The summed E-state index contributed by atoms with van der Waals surface area (Å²) in [6.07, 6.45) is 6.56. The third-order valence-corrected chi connectivity index (χ3v) is 4.70. The average Bonchev–Trinajstić information content (AvgIpc) is 2.69. The van der Waals surface area contributed by atoms with Crippen molar-refractivity contribution in [3.8, 4) is 0 Å². The maximum absolute atomic E-state index is 11.0. The molecule has 1 aliphatic carbocycles. The van der Waals surface area contributed by atoms with Crippen LogP contribution in [0.25, 0.3) is 0 Å². The molecule has 0 heterocycles. The number of carboxylic acid groups (broad SMARTS) is 1. The van der Waals surface area contributed by atoms with Gasteiger partial charge in [0.15, 0.2) is 0 Å². The van der Waals surface area contributed by atoms with Gasteiger partial charge in [-0.05, 0) is 43.2 Å². The molecule has 3 heteroatoms. The van der Waals surface area contributed by atoms with Crippen molar-refractivity contribution >= 4 is 5.97 Å². The molecule has 0 bridgehead atoms. The standard InChI is InChI=1S/C18H27NO2/c1-13-4-3-5-17(11-6-13)19-12-15-7-9-16(10-8-15)14(2)18(20)21/h7-10,13-14,17,19H,3-6,11-12H2,1-2H3,(H,20,21). The molecule has 0 amide bonds. The fraction of sp³-hybridized carbons (Fsp3) is 0.611. The lowest BCUT2D eigenvalue weighted by molar-refractivity contribution is -0.138. The van der Waals surface area contributed by atoms with Gasteiger partial charge in [-0.3, -0.25) is 4.79 Å². The first kappa shape index (κ1) is 16.0. The predicted molar refractivity (Wildman–Crippen MR) is 85.4 cm³/mol. The molecule has 2 N–H and O–H groups in total. The Hall–Kier alpha value is -1.35. The molecule has 1 saturated carbocycles. The van der Waals surface area contributed by atoms with E-state index in [4.69, 9.17) is 5.11 Å². The largest absolute Gasteiger partial charge is 0.481 e. The summed E-state index contributed by atoms with van der Waals surface area (Å²) in [5.41, 5.74) is 2.10. The van der Waals surface area contributed by atoms with Crippen LogP contribution in [0.5, 0.6) is 0 Å². The minimum Gasteiger partial charge on any atom is -0.481 e. The molecule has 0 aromatic heterocycles. The number of carbonyl (C=O) groups is 1. The highest BCUT2D eigenvalue weighted by Crippen LogP contribution is 2.23. The molecule has 116 valence electrons. The van der Waals surface area contributed by atoms with Crippen LogP contribution in [-0.4, -0.2) is 17.1 Å². The molecule has 3 unspecified atom stereocenters. The number of carboxylic acids is 1. The number of hydrogen-bond donors (Lipinski definition) is 2. The molecular weight excluding hydrogens is 262 g/mol. The summed E-state index contributed by atoms with van der Waals surface area (Å²) in [5.74, 6) is -0.336. The molecule has 1 fully saturated rings. The SMILES string of the molecule is CC1CCCC(NCc2ccc(C(C)C(=O)O)cc2)CC1. The van der Waals surface area contributed by atoms with Crippen LogP contribution in [0.3, 0.4) is 0 Å². The Balaban J connectivity index is 1.84. The van der Waals surface area contributed by atoms with E-state index in [1.807, 2.05) is 24.3 Å². The van der Waals surface area contributed by atoms with E-state index in [2.05, 4.69) is 12.2 Å². The van der Waals surface area contributed by atoms with E-state index in [-0.39, 0.29) is 0 Å². The summed E-state index contributed by atoms with van der Waals surface area (Å²) in [4.78, 5) is 11.0. The van der Waals surface area contributed by atoms with Crippen LogP contribution >= 0.6 is 0 Å². The Kier molecular flexibility index (Phi) is 5.80. The van der Waals surface area contributed by atoms with Crippen LogP contribution in [0, 0.1) is 5.92 Å². The Morgan fingerprint density at radius 3 is 2.62 bits per heavy atom. The smallest absolute Gasteiger partial charge is 0.310 e. The van der Waals surface area contributed by atoms with Crippen molar-refractivity contribution < 1.29 is 9.90 Å². The molecule has 21 heavy (non-hydrogen) atoms. The van der Waals surface area contributed by atoms with Crippen LogP contribution in [0.15, 0.2) is 24.3 Å². The van der Waals surface area contributed by atoms with Crippen LogP contribution < -0.4 is 5.32 Å². The van der Waals surface area contributed by atoms with E-state index in [9.17, 15) is 4.79 Å². The van der Waals surface area contributed by atoms with Gasteiger partial charge in [-0.1, -0.05) is 44.0 Å². The van der Waals surface area contributed by atoms with Crippen molar-refractivity contribution in [2.24, 2.45) is 5.92 Å². The number of benzene rings is 1. The minimum absolute atomic E-state index is 0.435. The van der Waals surface area contributed by atoms with Crippen molar-refractivity contribution in [2.75, 3.05) is 0 Å². The topological polar surface area (TPSA) is 49.3 Å². The summed E-state index contributed by atoms with van der Waals surface area (Å²) >= 11 is 0.